The smallest absolute Gasteiger partial charge is 0.356 e. The van der Waals surface area contributed by atoms with Crippen molar-refractivity contribution in [3.63, 3.8) is 0 Å². The van der Waals surface area contributed by atoms with Crippen molar-refractivity contribution in [2.45, 2.75) is 50.7 Å². The number of thiophene rings is 1. The maximum Gasteiger partial charge on any atom is 0.393 e. The number of fused-ring (bicyclic) bond motifs is 1. The van der Waals surface area contributed by atoms with Crippen LogP contribution in [0.15, 0.2) is 12.4 Å². The Hall–Kier alpha value is -1.45. The Balaban J connectivity index is 1.62. The third-order valence-electron chi connectivity index (χ3n) is 5.05. The number of halogens is 3. The highest BCUT2D eigenvalue weighted by atomic mass is 32.1. The van der Waals surface area contributed by atoms with Crippen molar-refractivity contribution in [3.05, 3.63) is 17.3 Å². The average Bonchev–Trinajstić information content (AvgIpc) is 2.89. The molecule has 5 nitrogen and oxygen atoms in total. The molecule has 3 heterocycles. The van der Waals surface area contributed by atoms with Crippen LogP contribution in [0.5, 0.6) is 0 Å². The number of nitrogens with zero attached hydrogens (tertiary/aromatic N) is 3. The third-order valence-corrected chi connectivity index (χ3v) is 6.09. The minimum atomic E-state index is -4.21. The van der Waals surface area contributed by atoms with Crippen LogP contribution in [0.3, 0.4) is 0 Å². The summed E-state index contributed by atoms with van der Waals surface area (Å²) in [5, 5.41) is 7.55. The van der Waals surface area contributed by atoms with Gasteiger partial charge in [0.2, 0.25) is 0 Å². The summed E-state index contributed by atoms with van der Waals surface area (Å²) < 4.78 is 38.2. The fourth-order valence-corrected chi connectivity index (χ4v) is 4.70. The van der Waals surface area contributed by atoms with Gasteiger partial charge in [0.25, 0.3) is 0 Å². The van der Waals surface area contributed by atoms with E-state index in [0.29, 0.717) is 15.7 Å². The number of nitrogens with one attached hydrogen (secondary N) is 2. The maximum absolute atomic E-state index is 12.7. The Bertz CT molecular complexity index is 749. The Morgan fingerprint density at radius 3 is 2.79 bits per heavy atom. The fraction of sp³-hybridized carbons (Fsp3) is 0.684. The van der Waals surface area contributed by atoms with Crippen LogP contribution in [0, 0.1) is 0 Å². The van der Waals surface area contributed by atoms with Gasteiger partial charge in [-0.05, 0) is 58.3 Å². The summed E-state index contributed by atoms with van der Waals surface area (Å²) in [4.78, 5) is 11.7. The van der Waals surface area contributed by atoms with E-state index in [1.807, 2.05) is 7.05 Å². The number of hydrogen-bond donors (Lipinski definition) is 2. The zero-order valence-corrected chi connectivity index (χ0v) is 17.0. The molecule has 0 amide bonds. The van der Waals surface area contributed by atoms with Gasteiger partial charge in [0.15, 0.2) is 0 Å². The van der Waals surface area contributed by atoms with Crippen LogP contribution in [0.4, 0.5) is 19.0 Å². The van der Waals surface area contributed by atoms with Crippen molar-refractivity contribution >= 4 is 27.4 Å². The van der Waals surface area contributed by atoms with Gasteiger partial charge in [0, 0.05) is 24.0 Å². The average molecular weight is 416 g/mol. The Labute approximate surface area is 167 Å². The summed E-state index contributed by atoms with van der Waals surface area (Å²) in [5.41, 5.74) is 0. The van der Waals surface area contributed by atoms with Crippen molar-refractivity contribution in [1.29, 1.82) is 0 Å². The molecule has 2 N–H and O–H groups in total. The first kappa shape index (κ1) is 21.3. The molecule has 0 bridgehead atoms. The minimum Gasteiger partial charge on any atom is -0.356 e. The van der Waals surface area contributed by atoms with E-state index in [1.165, 1.54) is 12.7 Å². The lowest BCUT2D eigenvalue weighted by atomic mass is 10.1. The number of anilines is 1. The topological polar surface area (TPSA) is 53.1 Å². The van der Waals surface area contributed by atoms with Gasteiger partial charge >= 0.3 is 6.18 Å². The molecule has 2 aromatic rings. The molecule has 1 saturated heterocycles. The second-order valence-corrected chi connectivity index (χ2v) is 8.42. The molecular weight excluding hydrogens is 387 g/mol. The summed E-state index contributed by atoms with van der Waals surface area (Å²) >= 11 is 1.11. The van der Waals surface area contributed by atoms with Crippen LogP contribution in [0.2, 0.25) is 0 Å². The summed E-state index contributed by atoms with van der Waals surface area (Å²) in [7, 11) is 1.97. The predicted molar refractivity (Wildman–Crippen MR) is 108 cm³/mol. The number of rotatable bonds is 8. The molecule has 1 unspecified atom stereocenters. The molecule has 0 saturated carbocycles. The fourth-order valence-electron chi connectivity index (χ4n) is 3.67. The van der Waals surface area contributed by atoms with Crippen LogP contribution in [-0.2, 0) is 6.42 Å². The molecule has 1 atom stereocenters. The largest absolute Gasteiger partial charge is 0.393 e. The first-order valence-corrected chi connectivity index (χ1v) is 10.7. The number of hydrogen-bond acceptors (Lipinski definition) is 6. The second kappa shape index (κ2) is 9.84. The molecule has 9 heteroatoms. The van der Waals surface area contributed by atoms with E-state index in [0.717, 1.165) is 74.4 Å². The molecule has 156 valence electrons. The van der Waals surface area contributed by atoms with E-state index < -0.39 is 12.6 Å². The van der Waals surface area contributed by atoms with Gasteiger partial charge in [-0.3, -0.25) is 0 Å². The zero-order valence-electron chi connectivity index (χ0n) is 16.2. The van der Waals surface area contributed by atoms with Crippen molar-refractivity contribution in [1.82, 2.24) is 20.6 Å². The Kier molecular flexibility index (Phi) is 7.48. The van der Waals surface area contributed by atoms with E-state index in [9.17, 15) is 13.2 Å². The number of alkyl halides is 3. The minimum absolute atomic E-state index is 0.292. The van der Waals surface area contributed by atoms with Gasteiger partial charge in [0.1, 0.15) is 17.0 Å². The SMILES string of the molecule is CNCCCCNC1CCCN(c2ncnc3sc(CC(F)(F)F)cc23)CC1. The van der Waals surface area contributed by atoms with Gasteiger partial charge in [-0.1, -0.05) is 0 Å². The summed E-state index contributed by atoms with van der Waals surface area (Å²) in [5.74, 6) is 0.768. The van der Waals surface area contributed by atoms with E-state index in [4.69, 9.17) is 0 Å². The molecule has 0 aliphatic carbocycles. The molecule has 1 aliphatic rings. The lowest BCUT2D eigenvalue weighted by Gasteiger charge is -2.22. The van der Waals surface area contributed by atoms with Crippen molar-refractivity contribution in [3.8, 4) is 0 Å². The maximum atomic E-state index is 12.7. The molecular formula is C19H28F3N5S. The lowest BCUT2D eigenvalue weighted by molar-refractivity contribution is -0.126. The van der Waals surface area contributed by atoms with E-state index >= 15 is 0 Å². The van der Waals surface area contributed by atoms with E-state index in [-0.39, 0.29) is 0 Å². The summed E-state index contributed by atoms with van der Waals surface area (Å²) in [6.45, 7) is 3.79. The van der Waals surface area contributed by atoms with Crippen LogP contribution in [0.25, 0.3) is 10.2 Å². The van der Waals surface area contributed by atoms with Gasteiger partial charge in [0.05, 0.1) is 11.8 Å². The van der Waals surface area contributed by atoms with Crippen LogP contribution >= 0.6 is 11.3 Å². The van der Waals surface area contributed by atoms with Gasteiger partial charge in [-0.25, -0.2) is 9.97 Å². The quantitative estimate of drug-likeness (QED) is 0.644. The van der Waals surface area contributed by atoms with Crippen molar-refractivity contribution in [2.75, 3.05) is 38.1 Å². The standard InChI is InChI=1S/C19H28F3N5S/c1-23-7-2-3-8-24-14-5-4-9-27(10-6-14)17-16-11-15(12-19(20,21)22)28-18(16)26-13-25-17/h11,13-14,23-24H,2-10,12H2,1H3. The molecule has 0 spiro atoms. The lowest BCUT2D eigenvalue weighted by Crippen LogP contribution is -2.32. The highest BCUT2D eigenvalue weighted by molar-refractivity contribution is 7.18. The third kappa shape index (κ3) is 6.02. The monoisotopic (exact) mass is 415 g/mol. The van der Waals surface area contributed by atoms with Gasteiger partial charge in [-0.2, -0.15) is 13.2 Å². The molecule has 0 aromatic carbocycles. The van der Waals surface area contributed by atoms with E-state index in [1.54, 1.807) is 6.07 Å². The van der Waals surface area contributed by atoms with Crippen molar-refractivity contribution in [2.24, 2.45) is 0 Å². The number of unbranched alkanes of at least 4 members (excludes halogenated alkanes) is 1. The van der Waals surface area contributed by atoms with E-state index in [2.05, 4.69) is 25.5 Å². The zero-order chi connectivity index (χ0) is 20.0. The first-order chi connectivity index (χ1) is 13.5. The molecule has 28 heavy (non-hydrogen) atoms. The van der Waals surface area contributed by atoms with Gasteiger partial charge < -0.3 is 15.5 Å². The van der Waals surface area contributed by atoms with Crippen molar-refractivity contribution < 1.29 is 13.2 Å². The second-order valence-electron chi connectivity index (χ2n) is 7.30. The molecule has 3 rings (SSSR count). The molecule has 1 fully saturated rings. The van der Waals surface area contributed by atoms with Gasteiger partial charge in [-0.15, -0.1) is 11.3 Å². The Morgan fingerprint density at radius 1 is 1.18 bits per heavy atom. The highest BCUT2D eigenvalue weighted by Gasteiger charge is 2.29. The van der Waals surface area contributed by atoms with Crippen LogP contribution in [-0.4, -0.2) is 55.4 Å². The molecule has 0 radical (unpaired) electrons. The molecule has 1 aliphatic heterocycles. The van der Waals surface area contributed by atoms with Crippen LogP contribution < -0.4 is 15.5 Å². The highest BCUT2D eigenvalue weighted by Crippen LogP contribution is 2.34. The normalized spacial score (nSPS) is 18.6. The molecule has 2 aromatic heterocycles. The predicted octanol–water partition coefficient (Wildman–Crippen LogP) is 3.74. The summed E-state index contributed by atoms with van der Waals surface area (Å²) in [6, 6.07) is 2.10. The first-order valence-electron chi connectivity index (χ1n) is 9.89. The summed E-state index contributed by atoms with van der Waals surface area (Å²) in [6.07, 6.45) is 1.84. The number of aromatic nitrogens is 2. The Morgan fingerprint density at radius 2 is 2.00 bits per heavy atom. The van der Waals surface area contributed by atoms with Crippen LogP contribution in [0.1, 0.15) is 37.0 Å².